The summed E-state index contributed by atoms with van der Waals surface area (Å²) in [4.78, 5) is 24.3. The fourth-order valence-corrected chi connectivity index (χ4v) is 3.31. The quantitative estimate of drug-likeness (QED) is 0.430. The second-order valence-corrected chi connectivity index (χ2v) is 7.74. The number of thioether (sulfide) groups is 1. The lowest BCUT2D eigenvalue weighted by atomic mass is 10.2. The molecular weight excluding hydrogens is 366 g/mol. The van der Waals surface area contributed by atoms with E-state index >= 15 is 0 Å². The van der Waals surface area contributed by atoms with Crippen molar-refractivity contribution in [3.05, 3.63) is 64.2 Å². The number of benzene rings is 2. The van der Waals surface area contributed by atoms with Gasteiger partial charge in [0.1, 0.15) is 0 Å². The number of non-ortho nitro benzene ring substituents is 1. The van der Waals surface area contributed by atoms with Crippen molar-refractivity contribution in [1.82, 2.24) is 10.3 Å². The first-order chi connectivity index (χ1) is 11.8. The predicted molar refractivity (Wildman–Crippen MR) is 93.5 cm³/mol. The van der Waals surface area contributed by atoms with Crippen molar-refractivity contribution in [2.75, 3.05) is 5.75 Å². The molecule has 0 heterocycles. The van der Waals surface area contributed by atoms with E-state index in [1.165, 1.54) is 11.8 Å². The van der Waals surface area contributed by atoms with Gasteiger partial charge in [-0.05, 0) is 31.2 Å². The predicted octanol–water partition coefficient (Wildman–Crippen LogP) is 2.01. The minimum absolute atomic E-state index is 0.0336. The third-order valence-electron chi connectivity index (χ3n) is 3.07. The van der Waals surface area contributed by atoms with Crippen molar-refractivity contribution in [2.24, 2.45) is 0 Å². The summed E-state index contributed by atoms with van der Waals surface area (Å²) in [7, 11) is -4.00. The van der Waals surface area contributed by atoms with E-state index in [1.54, 1.807) is 0 Å². The summed E-state index contributed by atoms with van der Waals surface area (Å²) in [6.45, 7) is 1.95. The lowest BCUT2D eigenvalue weighted by Gasteiger charge is -2.08. The van der Waals surface area contributed by atoms with Gasteiger partial charge in [0.05, 0.1) is 15.6 Å². The number of carbonyl (C=O) groups excluding carboxylic acids is 1. The number of nitro groups is 1. The number of sulfonamides is 1. The first-order valence-electron chi connectivity index (χ1n) is 7.02. The van der Waals surface area contributed by atoms with E-state index in [1.807, 2.05) is 36.0 Å². The highest BCUT2D eigenvalue weighted by Crippen LogP contribution is 2.18. The Kier molecular flexibility index (Phi) is 6.12. The van der Waals surface area contributed by atoms with Crippen molar-refractivity contribution in [3.8, 4) is 0 Å². The molecule has 0 aliphatic heterocycles. The highest BCUT2D eigenvalue weighted by atomic mass is 32.2. The van der Waals surface area contributed by atoms with E-state index in [9.17, 15) is 23.3 Å². The van der Waals surface area contributed by atoms with Crippen LogP contribution in [0.25, 0.3) is 0 Å². The fourth-order valence-electron chi connectivity index (χ4n) is 1.75. The largest absolute Gasteiger partial charge is 0.277 e. The minimum atomic E-state index is -4.00. The fraction of sp³-hybridized carbons (Fsp3) is 0.133. The number of hydrazine groups is 1. The Hall–Kier alpha value is -2.43. The number of amides is 1. The van der Waals surface area contributed by atoms with E-state index in [2.05, 4.69) is 5.43 Å². The molecule has 2 rings (SSSR count). The topological polar surface area (TPSA) is 118 Å². The summed E-state index contributed by atoms with van der Waals surface area (Å²) >= 11 is 1.27. The second kappa shape index (κ2) is 8.10. The normalized spacial score (nSPS) is 11.1. The summed E-state index contributed by atoms with van der Waals surface area (Å²) in [5, 5.41) is 10.6. The van der Waals surface area contributed by atoms with Crippen LogP contribution in [0.4, 0.5) is 5.69 Å². The van der Waals surface area contributed by atoms with E-state index in [0.29, 0.717) is 0 Å². The van der Waals surface area contributed by atoms with Gasteiger partial charge in [-0.3, -0.25) is 20.3 Å². The third-order valence-corrected chi connectivity index (χ3v) is 5.35. The number of rotatable bonds is 7. The highest BCUT2D eigenvalue weighted by Gasteiger charge is 2.16. The van der Waals surface area contributed by atoms with Gasteiger partial charge in [-0.1, -0.05) is 17.7 Å². The molecule has 0 radical (unpaired) electrons. The first-order valence-corrected chi connectivity index (χ1v) is 9.49. The zero-order valence-electron chi connectivity index (χ0n) is 13.1. The van der Waals surface area contributed by atoms with Gasteiger partial charge in [0.2, 0.25) is 5.91 Å². The van der Waals surface area contributed by atoms with Crippen molar-refractivity contribution < 1.29 is 18.1 Å². The third kappa shape index (κ3) is 5.55. The lowest BCUT2D eigenvalue weighted by molar-refractivity contribution is -0.384. The van der Waals surface area contributed by atoms with Crippen LogP contribution in [0.5, 0.6) is 0 Å². The molecule has 0 atom stereocenters. The molecule has 0 unspecified atom stereocenters. The van der Waals surface area contributed by atoms with E-state index in [0.717, 1.165) is 34.7 Å². The molecule has 2 N–H and O–H groups in total. The Morgan fingerprint density at radius 1 is 1.12 bits per heavy atom. The maximum atomic E-state index is 12.0. The number of aryl methyl sites for hydroxylation is 1. The van der Waals surface area contributed by atoms with Crippen LogP contribution in [-0.4, -0.2) is 25.0 Å². The molecule has 0 aliphatic rings. The zero-order chi connectivity index (χ0) is 18.4. The van der Waals surface area contributed by atoms with Crippen LogP contribution in [0.3, 0.4) is 0 Å². The Morgan fingerprint density at radius 3 is 2.28 bits per heavy atom. The van der Waals surface area contributed by atoms with Gasteiger partial charge in [0.15, 0.2) is 0 Å². The van der Waals surface area contributed by atoms with E-state index < -0.39 is 20.9 Å². The van der Waals surface area contributed by atoms with Gasteiger partial charge in [0, 0.05) is 17.0 Å². The maximum absolute atomic E-state index is 12.0. The van der Waals surface area contributed by atoms with Gasteiger partial charge >= 0.3 is 0 Å². The second-order valence-electron chi connectivity index (χ2n) is 5.01. The molecule has 0 aliphatic carbocycles. The van der Waals surface area contributed by atoms with Gasteiger partial charge in [-0.2, -0.15) is 0 Å². The summed E-state index contributed by atoms with van der Waals surface area (Å²) in [6.07, 6.45) is 0. The molecule has 1 amide bonds. The van der Waals surface area contributed by atoms with Crippen LogP contribution < -0.4 is 10.3 Å². The summed E-state index contributed by atoms with van der Waals surface area (Å²) in [5.74, 6) is -0.484. The number of carbonyl (C=O) groups is 1. The zero-order valence-corrected chi connectivity index (χ0v) is 14.8. The molecule has 0 saturated heterocycles. The van der Waals surface area contributed by atoms with Crippen LogP contribution in [0.2, 0.25) is 0 Å². The van der Waals surface area contributed by atoms with E-state index in [-0.39, 0.29) is 16.3 Å². The Morgan fingerprint density at radius 2 is 1.72 bits per heavy atom. The molecule has 8 nitrogen and oxygen atoms in total. The number of hydrogen-bond donors (Lipinski definition) is 2. The van der Waals surface area contributed by atoms with Crippen molar-refractivity contribution in [1.29, 1.82) is 0 Å². The Bertz CT molecular complexity index is 865. The van der Waals surface area contributed by atoms with Gasteiger partial charge in [-0.25, -0.2) is 8.42 Å². The number of nitro benzene ring substituents is 1. The first kappa shape index (κ1) is 18.9. The molecule has 10 heteroatoms. The Labute approximate surface area is 148 Å². The van der Waals surface area contributed by atoms with Crippen molar-refractivity contribution >= 4 is 33.4 Å². The van der Waals surface area contributed by atoms with Gasteiger partial charge < -0.3 is 0 Å². The smallest absolute Gasteiger partial charge is 0.269 e. The van der Waals surface area contributed by atoms with Gasteiger partial charge in [0.25, 0.3) is 15.7 Å². The number of hydrogen-bond acceptors (Lipinski definition) is 6. The Balaban J connectivity index is 1.89. The SMILES string of the molecule is Cc1ccc(SCC(=O)NNS(=O)(=O)c2ccc([N+](=O)[O-])cc2)cc1. The summed E-state index contributed by atoms with van der Waals surface area (Å²) in [6, 6.07) is 11.9. The molecule has 0 fully saturated rings. The molecule has 0 aromatic heterocycles. The van der Waals surface area contributed by atoms with Crippen LogP contribution >= 0.6 is 11.8 Å². The van der Waals surface area contributed by atoms with Crippen LogP contribution in [0, 0.1) is 17.0 Å². The van der Waals surface area contributed by atoms with Crippen molar-refractivity contribution in [3.63, 3.8) is 0 Å². The molecule has 0 saturated carbocycles. The minimum Gasteiger partial charge on any atom is -0.277 e. The average Bonchev–Trinajstić information content (AvgIpc) is 2.59. The summed E-state index contributed by atoms with van der Waals surface area (Å²) < 4.78 is 24.1. The van der Waals surface area contributed by atoms with Crippen LogP contribution in [0.15, 0.2) is 58.3 Å². The molecule has 0 bridgehead atoms. The van der Waals surface area contributed by atoms with E-state index in [4.69, 9.17) is 0 Å². The van der Waals surface area contributed by atoms with Crippen molar-refractivity contribution in [2.45, 2.75) is 16.7 Å². The molecule has 2 aromatic carbocycles. The highest BCUT2D eigenvalue weighted by molar-refractivity contribution is 8.00. The van der Waals surface area contributed by atoms with Crippen LogP contribution in [-0.2, 0) is 14.8 Å². The molecule has 25 heavy (non-hydrogen) atoms. The number of nitrogens with one attached hydrogen (secondary N) is 2. The summed E-state index contributed by atoms with van der Waals surface area (Å²) in [5.41, 5.74) is 2.99. The number of nitrogens with zero attached hydrogens (tertiary/aromatic N) is 1. The average molecular weight is 381 g/mol. The molecule has 2 aromatic rings. The molecular formula is C15H15N3O5S2. The van der Waals surface area contributed by atoms with Crippen LogP contribution in [0.1, 0.15) is 5.56 Å². The monoisotopic (exact) mass is 381 g/mol. The van der Waals surface area contributed by atoms with Gasteiger partial charge in [-0.15, -0.1) is 16.6 Å². The standard InChI is InChI=1S/C15H15N3O5S2/c1-11-2-6-13(7-3-11)24-10-15(19)16-17-25(22,23)14-8-4-12(5-9-14)18(20)21/h2-9,17H,10H2,1H3,(H,16,19). The molecule has 0 spiro atoms. The lowest BCUT2D eigenvalue weighted by Crippen LogP contribution is -2.42. The molecule has 132 valence electrons. The maximum Gasteiger partial charge on any atom is 0.269 e.